The van der Waals surface area contributed by atoms with Crippen molar-refractivity contribution in [1.82, 2.24) is 10.3 Å². The van der Waals surface area contributed by atoms with Gasteiger partial charge in [0.25, 0.3) is 0 Å². The normalized spacial score (nSPS) is 11.4. The molecule has 1 N–H and O–H groups in total. The van der Waals surface area contributed by atoms with Crippen LogP contribution in [0.1, 0.15) is 59.4 Å². The van der Waals surface area contributed by atoms with Crippen LogP contribution in [0.25, 0.3) is 0 Å². The summed E-state index contributed by atoms with van der Waals surface area (Å²) in [6.07, 6.45) is 7.74. The third-order valence-electron chi connectivity index (χ3n) is 3.69. The Hall–Kier alpha value is -1.09. The Balaban J connectivity index is 2.76. The highest BCUT2D eigenvalue weighted by molar-refractivity contribution is 5.52. The van der Waals surface area contributed by atoms with Gasteiger partial charge in [0.2, 0.25) is 0 Å². The van der Waals surface area contributed by atoms with E-state index in [1.165, 1.54) is 30.5 Å². The van der Waals surface area contributed by atoms with Crippen molar-refractivity contribution in [3.8, 4) is 0 Å². The van der Waals surface area contributed by atoms with Gasteiger partial charge in [-0.2, -0.15) is 0 Å². The summed E-state index contributed by atoms with van der Waals surface area (Å²) in [5, 5.41) is 3.55. The second-order valence-corrected chi connectivity index (χ2v) is 6.52. The zero-order valence-electron chi connectivity index (χ0n) is 14.5. The molecular weight excluding hydrogens is 258 g/mol. The average molecular weight is 291 g/mol. The van der Waals surface area contributed by atoms with Gasteiger partial charge in [-0.25, -0.2) is 0 Å². The molecule has 3 heteroatoms. The summed E-state index contributed by atoms with van der Waals surface area (Å²) >= 11 is 0. The fourth-order valence-electron chi connectivity index (χ4n) is 2.51. The van der Waals surface area contributed by atoms with Crippen LogP contribution in [0.5, 0.6) is 0 Å². The predicted octanol–water partition coefficient (Wildman–Crippen LogP) is 4.23. The molecule has 1 heterocycles. The van der Waals surface area contributed by atoms with Crippen LogP contribution >= 0.6 is 0 Å². The second kappa shape index (κ2) is 9.78. The van der Waals surface area contributed by atoms with E-state index in [4.69, 9.17) is 0 Å². The molecule has 0 atom stereocenters. The Kier molecular flexibility index (Phi) is 8.36. The monoisotopic (exact) mass is 291 g/mol. The van der Waals surface area contributed by atoms with Crippen molar-refractivity contribution in [3.63, 3.8) is 0 Å². The lowest BCUT2D eigenvalue weighted by Gasteiger charge is -2.30. The molecule has 0 amide bonds. The molecular formula is C18H33N3. The molecule has 1 aromatic heterocycles. The molecule has 0 aliphatic carbocycles. The van der Waals surface area contributed by atoms with Crippen LogP contribution in [-0.4, -0.2) is 24.1 Å². The number of aromatic nitrogens is 1. The number of pyridine rings is 1. The van der Waals surface area contributed by atoms with Crippen LogP contribution in [0.15, 0.2) is 18.5 Å². The van der Waals surface area contributed by atoms with Crippen molar-refractivity contribution >= 4 is 5.69 Å². The fraction of sp³-hybridized carbons (Fsp3) is 0.722. The molecule has 1 aromatic rings. The Morgan fingerprint density at radius 2 is 1.95 bits per heavy atom. The number of hydrogen-bond acceptors (Lipinski definition) is 3. The van der Waals surface area contributed by atoms with E-state index < -0.39 is 0 Å². The third kappa shape index (κ3) is 6.47. The Morgan fingerprint density at radius 3 is 2.57 bits per heavy atom. The number of anilines is 1. The first-order chi connectivity index (χ1) is 10.1. The number of unbranched alkanes of at least 4 members (excludes halogenated alkanes) is 2. The van der Waals surface area contributed by atoms with Crippen LogP contribution in [0, 0.1) is 5.92 Å². The quantitative estimate of drug-likeness (QED) is 0.654. The van der Waals surface area contributed by atoms with Crippen molar-refractivity contribution in [2.45, 2.75) is 66.5 Å². The van der Waals surface area contributed by atoms with Gasteiger partial charge in [0.1, 0.15) is 0 Å². The first kappa shape index (κ1) is 18.0. The van der Waals surface area contributed by atoms with E-state index in [-0.39, 0.29) is 0 Å². The van der Waals surface area contributed by atoms with Gasteiger partial charge < -0.3 is 10.2 Å². The number of rotatable bonds is 10. The van der Waals surface area contributed by atoms with Crippen LogP contribution < -0.4 is 10.2 Å². The van der Waals surface area contributed by atoms with Gasteiger partial charge in [-0.05, 0) is 44.4 Å². The van der Waals surface area contributed by atoms with Crippen LogP contribution in [0.2, 0.25) is 0 Å². The van der Waals surface area contributed by atoms with Crippen molar-refractivity contribution in [3.05, 3.63) is 24.0 Å². The molecule has 0 aromatic carbocycles. The summed E-state index contributed by atoms with van der Waals surface area (Å²) in [5.41, 5.74) is 2.65. The van der Waals surface area contributed by atoms with E-state index >= 15 is 0 Å². The molecule has 0 aliphatic heterocycles. The lowest BCUT2D eigenvalue weighted by Crippen LogP contribution is -2.33. The van der Waals surface area contributed by atoms with Crippen LogP contribution in [0.4, 0.5) is 5.69 Å². The summed E-state index contributed by atoms with van der Waals surface area (Å²) in [6.45, 7) is 14.4. The van der Waals surface area contributed by atoms with Crippen LogP contribution in [0.3, 0.4) is 0 Å². The molecule has 0 radical (unpaired) electrons. The second-order valence-electron chi connectivity index (χ2n) is 6.52. The SMILES string of the molecule is CCCCCN(c1cnccc1CNCC(C)C)C(C)C. The summed E-state index contributed by atoms with van der Waals surface area (Å²) in [7, 11) is 0. The minimum Gasteiger partial charge on any atom is -0.368 e. The zero-order valence-corrected chi connectivity index (χ0v) is 14.5. The molecule has 0 aliphatic rings. The van der Waals surface area contributed by atoms with Gasteiger partial charge in [0.05, 0.1) is 11.9 Å². The molecule has 1 rings (SSSR count). The highest BCUT2D eigenvalue weighted by Gasteiger charge is 2.14. The minimum atomic E-state index is 0.509. The van der Waals surface area contributed by atoms with Crippen molar-refractivity contribution in [2.24, 2.45) is 5.92 Å². The van der Waals surface area contributed by atoms with Crippen molar-refractivity contribution in [1.29, 1.82) is 0 Å². The number of nitrogens with one attached hydrogen (secondary N) is 1. The van der Waals surface area contributed by atoms with E-state index in [2.05, 4.69) is 55.9 Å². The smallest absolute Gasteiger partial charge is 0.0600 e. The Morgan fingerprint density at radius 1 is 1.19 bits per heavy atom. The summed E-state index contributed by atoms with van der Waals surface area (Å²) in [4.78, 5) is 6.85. The molecule has 0 saturated heterocycles. The van der Waals surface area contributed by atoms with Crippen molar-refractivity contribution < 1.29 is 0 Å². The van der Waals surface area contributed by atoms with E-state index in [0.29, 0.717) is 12.0 Å². The molecule has 0 bridgehead atoms. The van der Waals surface area contributed by atoms with E-state index in [0.717, 1.165) is 19.6 Å². The zero-order chi connectivity index (χ0) is 15.7. The van der Waals surface area contributed by atoms with E-state index in [1.54, 1.807) is 0 Å². The van der Waals surface area contributed by atoms with Crippen LogP contribution in [-0.2, 0) is 6.54 Å². The van der Waals surface area contributed by atoms with Gasteiger partial charge in [0, 0.05) is 25.3 Å². The Labute approximate surface area is 131 Å². The average Bonchev–Trinajstić information content (AvgIpc) is 2.44. The third-order valence-corrected chi connectivity index (χ3v) is 3.69. The maximum absolute atomic E-state index is 4.35. The molecule has 0 fully saturated rings. The van der Waals surface area contributed by atoms with Gasteiger partial charge >= 0.3 is 0 Å². The fourth-order valence-corrected chi connectivity index (χ4v) is 2.51. The summed E-state index contributed by atoms with van der Waals surface area (Å²) < 4.78 is 0. The van der Waals surface area contributed by atoms with Gasteiger partial charge in [-0.1, -0.05) is 33.6 Å². The van der Waals surface area contributed by atoms with Gasteiger partial charge in [-0.15, -0.1) is 0 Å². The lowest BCUT2D eigenvalue weighted by atomic mass is 10.1. The highest BCUT2D eigenvalue weighted by atomic mass is 15.2. The molecule has 120 valence electrons. The molecule has 21 heavy (non-hydrogen) atoms. The molecule has 0 spiro atoms. The van der Waals surface area contributed by atoms with Crippen molar-refractivity contribution in [2.75, 3.05) is 18.0 Å². The van der Waals surface area contributed by atoms with Gasteiger partial charge in [-0.3, -0.25) is 4.98 Å². The first-order valence-electron chi connectivity index (χ1n) is 8.46. The Bertz CT molecular complexity index is 388. The standard InChI is InChI=1S/C18H33N3/c1-6-7-8-11-21(16(4)5)18-14-19-10-9-17(18)13-20-12-15(2)3/h9-10,14-16,20H,6-8,11-13H2,1-5H3. The number of nitrogens with zero attached hydrogens (tertiary/aromatic N) is 2. The summed E-state index contributed by atoms with van der Waals surface area (Å²) in [5.74, 6) is 0.682. The maximum Gasteiger partial charge on any atom is 0.0600 e. The van der Waals surface area contributed by atoms with E-state index in [1.807, 2.05) is 12.4 Å². The molecule has 3 nitrogen and oxygen atoms in total. The summed E-state index contributed by atoms with van der Waals surface area (Å²) in [6, 6.07) is 2.66. The largest absolute Gasteiger partial charge is 0.368 e. The number of hydrogen-bond donors (Lipinski definition) is 1. The topological polar surface area (TPSA) is 28.2 Å². The molecule has 0 saturated carbocycles. The molecule has 0 unspecified atom stereocenters. The predicted molar refractivity (Wildman–Crippen MR) is 92.8 cm³/mol. The van der Waals surface area contributed by atoms with E-state index in [9.17, 15) is 0 Å². The minimum absolute atomic E-state index is 0.509. The van der Waals surface area contributed by atoms with Gasteiger partial charge in [0.15, 0.2) is 0 Å². The lowest BCUT2D eigenvalue weighted by molar-refractivity contribution is 0.550. The maximum atomic E-state index is 4.35. The highest BCUT2D eigenvalue weighted by Crippen LogP contribution is 2.22. The first-order valence-corrected chi connectivity index (χ1v) is 8.46.